The van der Waals surface area contributed by atoms with E-state index in [1.165, 1.54) is 11.8 Å². The molecule has 0 aliphatic carbocycles. The first kappa shape index (κ1) is 21.8. The molecular weight excluding hydrogens is 376 g/mol. The number of carbonyl (C=O) groups excluding carboxylic acids is 1. The molecule has 1 aliphatic heterocycles. The fourth-order valence-corrected chi connectivity index (χ4v) is 3.43. The van der Waals surface area contributed by atoms with Crippen molar-refractivity contribution in [3.8, 4) is 6.07 Å². The summed E-state index contributed by atoms with van der Waals surface area (Å²) >= 11 is 1.55. The molecule has 1 aromatic carbocycles. The van der Waals surface area contributed by atoms with Gasteiger partial charge in [-0.3, -0.25) is 9.69 Å². The summed E-state index contributed by atoms with van der Waals surface area (Å²) in [6, 6.07) is 11.2. The van der Waals surface area contributed by atoms with Gasteiger partial charge in [0.15, 0.2) is 0 Å². The number of carbonyl (C=O) groups is 2. The lowest BCUT2D eigenvalue weighted by Crippen LogP contribution is -2.48. The van der Waals surface area contributed by atoms with Crippen molar-refractivity contribution in [2.75, 3.05) is 38.2 Å². The molecular formula is C20H26N4O3S. The van der Waals surface area contributed by atoms with Crippen molar-refractivity contribution < 1.29 is 14.7 Å². The molecule has 1 aromatic rings. The van der Waals surface area contributed by atoms with E-state index in [2.05, 4.69) is 22.3 Å². The van der Waals surface area contributed by atoms with E-state index in [9.17, 15) is 20.0 Å². The minimum atomic E-state index is -0.996. The van der Waals surface area contributed by atoms with Gasteiger partial charge in [0.25, 0.3) is 5.91 Å². The van der Waals surface area contributed by atoms with Gasteiger partial charge >= 0.3 is 5.97 Å². The number of rotatable bonds is 9. The van der Waals surface area contributed by atoms with Crippen LogP contribution in [-0.2, 0) is 16.1 Å². The summed E-state index contributed by atoms with van der Waals surface area (Å²) in [7, 11) is 0. The van der Waals surface area contributed by atoms with Gasteiger partial charge in [-0.25, -0.2) is 4.79 Å². The van der Waals surface area contributed by atoms with Crippen LogP contribution in [0, 0.1) is 11.3 Å². The van der Waals surface area contributed by atoms with E-state index in [1.807, 2.05) is 30.5 Å². The van der Waals surface area contributed by atoms with Gasteiger partial charge in [0.1, 0.15) is 17.7 Å². The molecule has 0 aromatic heterocycles. The van der Waals surface area contributed by atoms with Crippen LogP contribution in [0.4, 0.5) is 0 Å². The summed E-state index contributed by atoms with van der Waals surface area (Å²) in [6.07, 6.45) is 3.56. The number of nitrogens with one attached hydrogen (secondary N) is 1. The van der Waals surface area contributed by atoms with Gasteiger partial charge in [-0.1, -0.05) is 30.3 Å². The molecule has 0 spiro atoms. The number of hydrogen-bond acceptors (Lipinski definition) is 6. The maximum absolute atomic E-state index is 12.6. The Balaban J connectivity index is 1.89. The second-order valence-corrected chi connectivity index (χ2v) is 7.55. The molecule has 1 aliphatic rings. The van der Waals surface area contributed by atoms with Gasteiger partial charge in [0.05, 0.1) is 0 Å². The molecule has 1 fully saturated rings. The molecule has 0 radical (unpaired) electrons. The zero-order chi connectivity index (χ0) is 20.4. The smallest absolute Gasteiger partial charge is 0.326 e. The normalized spacial score (nSPS) is 16.3. The van der Waals surface area contributed by atoms with Crippen LogP contribution in [-0.4, -0.2) is 71.0 Å². The van der Waals surface area contributed by atoms with E-state index >= 15 is 0 Å². The van der Waals surface area contributed by atoms with Crippen LogP contribution in [0.2, 0.25) is 0 Å². The Kier molecular flexibility index (Phi) is 8.85. The molecule has 2 rings (SSSR count). The van der Waals surface area contributed by atoms with Gasteiger partial charge in [-0.15, -0.1) is 0 Å². The van der Waals surface area contributed by atoms with E-state index in [4.69, 9.17) is 0 Å². The lowest BCUT2D eigenvalue weighted by molar-refractivity contribution is -0.139. The van der Waals surface area contributed by atoms with E-state index in [1.54, 1.807) is 16.7 Å². The van der Waals surface area contributed by atoms with Gasteiger partial charge in [-0.2, -0.15) is 17.0 Å². The van der Waals surface area contributed by atoms with E-state index in [-0.39, 0.29) is 11.5 Å². The van der Waals surface area contributed by atoms with Gasteiger partial charge in [0.2, 0.25) is 0 Å². The summed E-state index contributed by atoms with van der Waals surface area (Å²) < 4.78 is 0. The van der Waals surface area contributed by atoms with Crippen LogP contribution in [0.25, 0.3) is 0 Å². The number of nitrogens with zero attached hydrogens (tertiary/aromatic N) is 3. The second-order valence-electron chi connectivity index (χ2n) is 6.56. The fourth-order valence-electron chi connectivity index (χ4n) is 2.96. The first-order chi connectivity index (χ1) is 13.5. The standard InChI is InChI=1S/C20H26N4O3S/c1-28-12-7-18(20(26)27)22-14-17(13-21)19(25)24-10-8-23(9-11-24)15-16-5-3-2-4-6-16/h2-6,14,18,22H,7-12,15H2,1H3,(H,26,27)/b17-14-. The van der Waals surface area contributed by atoms with E-state index < -0.39 is 12.0 Å². The van der Waals surface area contributed by atoms with Crippen molar-refractivity contribution in [2.45, 2.75) is 19.0 Å². The van der Waals surface area contributed by atoms with Crippen LogP contribution in [0.1, 0.15) is 12.0 Å². The van der Waals surface area contributed by atoms with Crippen molar-refractivity contribution in [1.29, 1.82) is 5.26 Å². The third-order valence-electron chi connectivity index (χ3n) is 4.60. The van der Waals surface area contributed by atoms with Gasteiger partial charge in [0, 0.05) is 38.9 Å². The van der Waals surface area contributed by atoms with Crippen molar-refractivity contribution in [3.05, 3.63) is 47.7 Å². The van der Waals surface area contributed by atoms with Crippen molar-refractivity contribution >= 4 is 23.6 Å². The number of piperazine rings is 1. The third kappa shape index (κ3) is 6.59. The lowest BCUT2D eigenvalue weighted by Gasteiger charge is -2.34. The summed E-state index contributed by atoms with van der Waals surface area (Å²) in [5, 5.41) is 21.3. The Morgan fingerprint density at radius 2 is 1.96 bits per heavy atom. The summed E-state index contributed by atoms with van der Waals surface area (Å²) in [6.45, 7) is 3.39. The highest BCUT2D eigenvalue weighted by Crippen LogP contribution is 2.11. The van der Waals surface area contributed by atoms with Crippen molar-refractivity contribution in [1.82, 2.24) is 15.1 Å². The highest BCUT2D eigenvalue weighted by molar-refractivity contribution is 7.98. The minimum Gasteiger partial charge on any atom is -0.480 e. The maximum atomic E-state index is 12.6. The SMILES string of the molecule is CSCCC(N/C=C(/C#N)C(=O)N1CCN(Cc2ccccc2)CC1)C(=O)O. The zero-order valence-corrected chi connectivity index (χ0v) is 16.8. The molecule has 1 saturated heterocycles. The second kappa shape index (κ2) is 11.4. The van der Waals surface area contributed by atoms with Crippen LogP contribution in [0.3, 0.4) is 0 Å². The Morgan fingerprint density at radius 3 is 2.54 bits per heavy atom. The summed E-state index contributed by atoms with van der Waals surface area (Å²) in [5.41, 5.74) is 1.17. The maximum Gasteiger partial charge on any atom is 0.326 e. The Morgan fingerprint density at radius 1 is 1.29 bits per heavy atom. The molecule has 0 bridgehead atoms. The predicted octanol–water partition coefficient (Wildman–Crippen LogP) is 1.53. The van der Waals surface area contributed by atoms with Crippen LogP contribution < -0.4 is 5.32 Å². The third-order valence-corrected chi connectivity index (χ3v) is 5.24. The van der Waals surface area contributed by atoms with E-state index in [0.29, 0.717) is 25.3 Å². The topological polar surface area (TPSA) is 96.7 Å². The van der Waals surface area contributed by atoms with Crippen LogP contribution in [0.15, 0.2) is 42.1 Å². The van der Waals surface area contributed by atoms with Crippen molar-refractivity contribution in [3.63, 3.8) is 0 Å². The molecule has 1 heterocycles. The Hall–Kier alpha value is -2.50. The fraction of sp³-hybridized carbons (Fsp3) is 0.450. The monoisotopic (exact) mass is 402 g/mol. The van der Waals surface area contributed by atoms with Crippen LogP contribution >= 0.6 is 11.8 Å². The number of nitriles is 1. The van der Waals surface area contributed by atoms with Gasteiger partial charge < -0.3 is 15.3 Å². The van der Waals surface area contributed by atoms with Gasteiger partial charge in [-0.05, 0) is 24.0 Å². The number of hydrogen-bond donors (Lipinski definition) is 2. The average Bonchev–Trinajstić information content (AvgIpc) is 2.71. The van der Waals surface area contributed by atoms with Crippen molar-refractivity contribution in [2.24, 2.45) is 0 Å². The number of amides is 1. The molecule has 2 N–H and O–H groups in total. The minimum absolute atomic E-state index is 0.0630. The Bertz CT molecular complexity index is 725. The highest BCUT2D eigenvalue weighted by atomic mass is 32.2. The lowest BCUT2D eigenvalue weighted by atomic mass is 10.2. The molecule has 28 heavy (non-hydrogen) atoms. The van der Waals surface area contributed by atoms with E-state index in [0.717, 1.165) is 19.6 Å². The number of aliphatic carboxylic acids is 1. The molecule has 8 heteroatoms. The zero-order valence-electron chi connectivity index (χ0n) is 16.0. The number of carboxylic acid groups (broad SMARTS) is 1. The summed E-state index contributed by atoms with van der Waals surface area (Å²) in [5.74, 6) is -0.676. The number of thioether (sulfide) groups is 1. The number of benzene rings is 1. The quantitative estimate of drug-likeness (QED) is 0.478. The molecule has 7 nitrogen and oxygen atoms in total. The molecule has 150 valence electrons. The highest BCUT2D eigenvalue weighted by Gasteiger charge is 2.24. The predicted molar refractivity (Wildman–Crippen MR) is 110 cm³/mol. The first-order valence-electron chi connectivity index (χ1n) is 9.18. The molecule has 1 atom stereocenters. The van der Waals surface area contributed by atoms with Crippen LogP contribution in [0.5, 0.6) is 0 Å². The largest absolute Gasteiger partial charge is 0.480 e. The molecule has 1 amide bonds. The first-order valence-corrected chi connectivity index (χ1v) is 10.6. The number of carboxylic acids is 1. The Labute approximate surface area is 170 Å². The average molecular weight is 403 g/mol. The summed E-state index contributed by atoms with van der Waals surface area (Å²) in [4.78, 5) is 27.8. The molecule has 0 saturated carbocycles. The molecule has 1 unspecified atom stereocenters.